The summed E-state index contributed by atoms with van der Waals surface area (Å²) >= 11 is 0. The Morgan fingerprint density at radius 3 is 1.73 bits per heavy atom. The number of ether oxygens (including phenoxy) is 7. The summed E-state index contributed by atoms with van der Waals surface area (Å²) in [6.07, 6.45) is 14.8. The summed E-state index contributed by atoms with van der Waals surface area (Å²) in [6, 6.07) is 10.8. The van der Waals surface area contributed by atoms with Gasteiger partial charge < -0.3 is 33.2 Å². The first kappa shape index (κ1) is 38.7. The Balaban J connectivity index is 1.32. The Kier molecular flexibility index (Phi) is 17.4. The third-order valence-electron chi connectivity index (χ3n) is 7.80. The second-order valence-corrected chi connectivity index (χ2v) is 11.8. The first-order valence-corrected chi connectivity index (χ1v) is 16.9. The summed E-state index contributed by atoms with van der Waals surface area (Å²) in [6.45, 7) is 7.10. The van der Waals surface area contributed by atoms with E-state index >= 15 is 0 Å². The van der Waals surface area contributed by atoms with Crippen molar-refractivity contribution in [1.29, 1.82) is 0 Å². The lowest BCUT2D eigenvalue weighted by Crippen LogP contribution is -2.09. The van der Waals surface area contributed by atoms with E-state index in [4.69, 9.17) is 33.2 Å². The zero-order valence-electron chi connectivity index (χ0n) is 29.0. The first-order chi connectivity index (χ1) is 23.8. The molecule has 0 aromatic heterocycles. The van der Waals surface area contributed by atoms with Gasteiger partial charge in [0.1, 0.15) is 0 Å². The third kappa shape index (κ3) is 14.9. The lowest BCUT2D eigenvalue weighted by atomic mass is 10.1. The molecule has 0 bridgehead atoms. The van der Waals surface area contributed by atoms with E-state index in [0.717, 1.165) is 49.7 Å². The summed E-state index contributed by atoms with van der Waals surface area (Å²) in [5, 5.41) is 0. The van der Waals surface area contributed by atoms with Gasteiger partial charge in [0.2, 0.25) is 0 Å². The van der Waals surface area contributed by atoms with Gasteiger partial charge in [-0.05, 0) is 98.9 Å². The fourth-order valence-corrected chi connectivity index (χ4v) is 5.06. The van der Waals surface area contributed by atoms with Crippen LogP contribution in [0.25, 0.3) is 12.2 Å². The largest absolute Gasteiger partial charge is 0.493 e. The van der Waals surface area contributed by atoms with E-state index in [1.165, 1.54) is 25.0 Å². The lowest BCUT2D eigenvalue weighted by molar-refractivity contribution is -0.139. The lowest BCUT2D eigenvalue weighted by Gasteiger charge is -2.12. The van der Waals surface area contributed by atoms with Crippen molar-refractivity contribution in [2.75, 3.05) is 47.3 Å². The van der Waals surface area contributed by atoms with Crippen LogP contribution in [0, 0.1) is 5.92 Å². The molecule has 0 amide bonds. The molecule has 1 aliphatic carbocycles. The molecular weight excluding hydrogens is 628 g/mol. The molecule has 0 aliphatic heterocycles. The molecule has 0 N–H and O–H groups in total. The predicted molar refractivity (Wildman–Crippen MR) is 188 cm³/mol. The Bertz CT molecular complexity index is 1420. The smallest absolute Gasteiger partial charge is 0.333 e. The SMILES string of the molecule is C=C(C)C(=O)OCCCCCCOc1ccc(C=CC(=O)OCCCOc2ccc(C=CC(=O)OCC3CCCC3)cc2OC)cc1OC. The molecule has 0 radical (unpaired) electrons. The number of hydrogen-bond acceptors (Lipinski definition) is 10. The monoisotopic (exact) mass is 678 g/mol. The maximum atomic E-state index is 12.3. The summed E-state index contributed by atoms with van der Waals surface area (Å²) in [7, 11) is 3.12. The zero-order chi connectivity index (χ0) is 35.3. The van der Waals surface area contributed by atoms with Crippen molar-refractivity contribution in [2.45, 2.75) is 64.7 Å². The predicted octanol–water partition coefficient (Wildman–Crippen LogP) is 7.53. The second-order valence-electron chi connectivity index (χ2n) is 11.8. The highest BCUT2D eigenvalue weighted by Gasteiger charge is 2.16. The van der Waals surface area contributed by atoms with E-state index in [2.05, 4.69) is 6.58 Å². The van der Waals surface area contributed by atoms with E-state index in [9.17, 15) is 14.4 Å². The number of carbonyl (C=O) groups is 3. The van der Waals surface area contributed by atoms with Crippen LogP contribution in [0.4, 0.5) is 0 Å². The van der Waals surface area contributed by atoms with Crippen molar-refractivity contribution in [2.24, 2.45) is 5.92 Å². The second kappa shape index (κ2) is 22.0. The Morgan fingerprint density at radius 2 is 1.18 bits per heavy atom. The topological polar surface area (TPSA) is 116 Å². The third-order valence-corrected chi connectivity index (χ3v) is 7.80. The average molecular weight is 679 g/mol. The molecule has 0 spiro atoms. The van der Waals surface area contributed by atoms with Gasteiger partial charge in [0.15, 0.2) is 23.0 Å². The van der Waals surface area contributed by atoms with E-state index in [-0.39, 0.29) is 18.5 Å². The molecule has 2 aromatic carbocycles. The Hall–Kier alpha value is -4.73. The molecule has 49 heavy (non-hydrogen) atoms. The standard InChI is InChI=1S/C39H50O10/c1-29(2)39(42)48-23-10-6-5-9-22-45-33-18-14-30(26-35(33)43-3)16-20-37(40)47-25-11-24-46-34-19-15-31(27-36(34)44-4)17-21-38(41)49-28-32-12-7-8-13-32/h14-21,26-27,32H,1,5-13,22-25,28H2,2-4H3. The maximum absolute atomic E-state index is 12.3. The molecule has 10 nitrogen and oxygen atoms in total. The van der Waals surface area contributed by atoms with Gasteiger partial charge in [-0.1, -0.05) is 31.6 Å². The number of rotatable bonds is 22. The first-order valence-electron chi connectivity index (χ1n) is 16.9. The van der Waals surface area contributed by atoms with Crippen LogP contribution in [0.2, 0.25) is 0 Å². The van der Waals surface area contributed by atoms with Crippen molar-refractivity contribution in [3.63, 3.8) is 0 Å². The molecule has 0 atom stereocenters. The number of unbranched alkanes of at least 4 members (excludes halogenated alkanes) is 3. The van der Waals surface area contributed by atoms with Gasteiger partial charge >= 0.3 is 17.9 Å². The summed E-state index contributed by atoms with van der Waals surface area (Å²) in [4.78, 5) is 35.7. The molecule has 3 rings (SSSR count). The van der Waals surface area contributed by atoms with Gasteiger partial charge in [-0.15, -0.1) is 0 Å². The quantitative estimate of drug-likeness (QED) is 0.0535. The van der Waals surface area contributed by atoms with Crippen LogP contribution >= 0.6 is 0 Å². The summed E-state index contributed by atoms with van der Waals surface area (Å²) < 4.78 is 38.4. The highest BCUT2D eigenvalue weighted by Crippen LogP contribution is 2.30. The number of carbonyl (C=O) groups excluding carboxylic acids is 3. The van der Waals surface area contributed by atoms with Crippen molar-refractivity contribution >= 4 is 30.1 Å². The van der Waals surface area contributed by atoms with Crippen molar-refractivity contribution in [1.82, 2.24) is 0 Å². The van der Waals surface area contributed by atoms with Gasteiger partial charge in [-0.3, -0.25) is 0 Å². The average Bonchev–Trinajstić information content (AvgIpc) is 3.64. The van der Waals surface area contributed by atoms with Crippen molar-refractivity contribution in [3.8, 4) is 23.0 Å². The normalized spacial score (nSPS) is 13.0. The van der Waals surface area contributed by atoms with Crippen LogP contribution < -0.4 is 18.9 Å². The van der Waals surface area contributed by atoms with Crippen LogP contribution in [-0.4, -0.2) is 65.2 Å². The minimum Gasteiger partial charge on any atom is -0.493 e. The minimum absolute atomic E-state index is 0.186. The summed E-state index contributed by atoms with van der Waals surface area (Å²) in [5.74, 6) is 1.58. The fourth-order valence-electron chi connectivity index (χ4n) is 5.06. The molecule has 0 heterocycles. The molecule has 1 aliphatic rings. The molecule has 1 saturated carbocycles. The van der Waals surface area contributed by atoms with Gasteiger partial charge in [0, 0.05) is 24.1 Å². The molecule has 2 aromatic rings. The number of hydrogen-bond donors (Lipinski definition) is 0. The Labute approximate surface area is 290 Å². The van der Waals surface area contributed by atoms with E-state index in [0.29, 0.717) is 67.3 Å². The molecule has 266 valence electrons. The van der Waals surface area contributed by atoms with E-state index < -0.39 is 5.97 Å². The van der Waals surface area contributed by atoms with Gasteiger partial charge in [0.05, 0.1) is 47.3 Å². The molecule has 10 heteroatoms. The maximum Gasteiger partial charge on any atom is 0.333 e. The minimum atomic E-state index is -0.468. The summed E-state index contributed by atoms with van der Waals surface area (Å²) in [5.41, 5.74) is 1.95. The van der Waals surface area contributed by atoms with Crippen LogP contribution in [0.5, 0.6) is 23.0 Å². The number of benzene rings is 2. The zero-order valence-corrected chi connectivity index (χ0v) is 29.0. The highest BCUT2D eigenvalue weighted by molar-refractivity contribution is 5.88. The van der Waals surface area contributed by atoms with Crippen LogP contribution in [0.1, 0.15) is 75.8 Å². The van der Waals surface area contributed by atoms with Crippen LogP contribution in [0.15, 0.2) is 60.7 Å². The van der Waals surface area contributed by atoms with E-state index in [1.807, 2.05) is 12.1 Å². The molecule has 0 saturated heterocycles. The van der Waals surface area contributed by atoms with Gasteiger partial charge in [0.25, 0.3) is 0 Å². The van der Waals surface area contributed by atoms with Crippen LogP contribution in [-0.2, 0) is 28.6 Å². The number of esters is 3. The van der Waals surface area contributed by atoms with Crippen molar-refractivity contribution in [3.05, 3.63) is 71.8 Å². The molecule has 0 unspecified atom stereocenters. The number of methoxy groups -OCH3 is 2. The van der Waals surface area contributed by atoms with Crippen LogP contribution in [0.3, 0.4) is 0 Å². The van der Waals surface area contributed by atoms with Gasteiger partial charge in [-0.2, -0.15) is 0 Å². The molecular formula is C39H50O10. The highest BCUT2D eigenvalue weighted by atomic mass is 16.5. The van der Waals surface area contributed by atoms with Crippen molar-refractivity contribution < 1.29 is 47.5 Å². The molecule has 1 fully saturated rings. The Morgan fingerprint density at radius 1 is 0.673 bits per heavy atom. The van der Waals surface area contributed by atoms with Gasteiger partial charge in [-0.25, -0.2) is 14.4 Å². The fraction of sp³-hybridized carbons (Fsp3) is 0.462. The van der Waals surface area contributed by atoms with E-state index in [1.54, 1.807) is 57.6 Å².